The molecule has 0 saturated carbocycles. The van der Waals surface area contributed by atoms with Crippen molar-refractivity contribution in [2.75, 3.05) is 19.6 Å². The highest BCUT2D eigenvalue weighted by Crippen LogP contribution is 2.29. The van der Waals surface area contributed by atoms with Gasteiger partial charge in [-0.1, -0.05) is 12.1 Å². The summed E-state index contributed by atoms with van der Waals surface area (Å²) >= 11 is 0. The number of hydrogen-bond donors (Lipinski definition) is 1. The Bertz CT molecular complexity index is 537. The number of nitrogens with two attached hydrogens (primary N) is 1. The summed E-state index contributed by atoms with van der Waals surface area (Å²) < 4.78 is 10.5. The lowest BCUT2D eigenvalue weighted by molar-refractivity contribution is 0.239. The molecule has 102 valence electrons. The lowest BCUT2D eigenvalue weighted by Crippen LogP contribution is -2.31. The van der Waals surface area contributed by atoms with Gasteiger partial charge < -0.3 is 14.7 Å². The molecule has 3 rings (SSSR count). The van der Waals surface area contributed by atoms with Crippen molar-refractivity contribution in [1.29, 1.82) is 0 Å². The Balaban J connectivity index is 1.65. The van der Waals surface area contributed by atoms with Gasteiger partial charge in [0, 0.05) is 6.54 Å². The fraction of sp³-hybridized carbons (Fsp3) is 0.538. The summed E-state index contributed by atoms with van der Waals surface area (Å²) in [6.45, 7) is 5.59. The molecule has 1 unspecified atom stereocenters. The predicted octanol–water partition coefficient (Wildman–Crippen LogP) is 1.50. The van der Waals surface area contributed by atoms with Gasteiger partial charge in [0.05, 0.1) is 12.8 Å². The fourth-order valence-corrected chi connectivity index (χ4v) is 2.44. The van der Waals surface area contributed by atoms with Gasteiger partial charge in [-0.2, -0.15) is 4.98 Å². The Hall–Kier alpha value is -1.66. The van der Waals surface area contributed by atoms with Crippen LogP contribution in [0, 0.1) is 5.41 Å². The van der Waals surface area contributed by atoms with Gasteiger partial charge in [0.1, 0.15) is 0 Å². The zero-order valence-corrected chi connectivity index (χ0v) is 11.0. The molecule has 0 radical (unpaired) electrons. The van der Waals surface area contributed by atoms with Crippen molar-refractivity contribution in [3.8, 4) is 11.6 Å². The highest BCUT2D eigenvalue weighted by Gasteiger charge is 2.33. The first-order valence-electron chi connectivity index (χ1n) is 6.47. The third kappa shape index (κ3) is 2.54. The van der Waals surface area contributed by atoms with Crippen molar-refractivity contribution in [1.82, 2.24) is 15.0 Å². The second-order valence-corrected chi connectivity index (χ2v) is 5.46. The molecule has 2 N–H and O–H groups in total. The Labute approximate surface area is 111 Å². The summed E-state index contributed by atoms with van der Waals surface area (Å²) in [5, 5.41) is 3.93. The van der Waals surface area contributed by atoms with Gasteiger partial charge in [0.25, 0.3) is 0 Å². The maximum absolute atomic E-state index is 5.80. The van der Waals surface area contributed by atoms with Crippen LogP contribution in [0.3, 0.4) is 0 Å². The zero-order chi connectivity index (χ0) is 13.3. The predicted molar refractivity (Wildman–Crippen MR) is 69.1 cm³/mol. The monoisotopic (exact) mass is 262 g/mol. The summed E-state index contributed by atoms with van der Waals surface area (Å²) in [4.78, 5) is 6.64. The largest absolute Gasteiger partial charge is 0.461 e. The quantitative estimate of drug-likeness (QED) is 0.899. The number of furan rings is 1. The number of hydrogen-bond acceptors (Lipinski definition) is 6. The lowest BCUT2D eigenvalue weighted by Gasteiger charge is -2.21. The third-order valence-electron chi connectivity index (χ3n) is 3.70. The SMILES string of the molecule is CC1(CN)CCN(Cc2nc(-c3ccco3)no2)C1. The minimum Gasteiger partial charge on any atom is -0.461 e. The van der Waals surface area contributed by atoms with E-state index < -0.39 is 0 Å². The van der Waals surface area contributed by atoms with Crippen LogP contribution in [0.25, 0.3) is 11.6 Å². The second kappa shape index (κ2) is 4.79. The molecule has 6 heteroatoms. The van der Waals surface area contributed by atoms with Crippen LogP contribution in [-0.2, 0) is 6.54 Å². The molecule has 1 aliphatic heterocycles. The van der Waals surface area contributed by atoms with Crippen molar-refractivity contribution in [3.05, 3.63) is 24.3 Å². The van der Waals surface area contributed by atoms with E-state index in [0.717, 1.165) is 19.5 Å². The zero-order valence-electron chi connectivity index (χ0n) is 11.0. The van der Waals surface area contributed by atoms with Crippen LogP contribution in [0.1, 0.15) is 19.2 Å². The normalized spacial score (nSPS) is 24.1. The Morgan fingerprint density at radius 1 is 1.53 bits per heavy atom. The van der Waals surface area contributed by atoms with Crippen LogP contribution >= 0.6 is 0 Å². The maximum Gasteiger partial charge on any atom is 0.241 e. The second-order valence-electron chi connectivity index (χ2n) is 5.46. The summed E-state index contributed by atoms with van der Waals surface area (Å²) in [6, 6.07) is 3.62. The molecule has 0 amide bonds. The number of likely N-dealkylation sites (tertiary alicyclic amines) is 1. The topological polar surface area (TPSA) is 81.3 Å². The molecule has 0 aromatic carbocycles. The molecule has 3 heterocycles. The van der Waals surface area contributed by atoms with Crippen molar-refractivity contribution < 1.29 is 8.94 Å². The average Bonchev–Trinajstić information content (AvgIpc) is 3.11. The molecule has 0 bridgehead atoms. The number of aromatic nitrogens is 2. The van der Waals surface area contributed by atoms with Crippen LogP contribution in [0.4, 0.5) is 0 Å². The maximum atomic E-state index is 5.80. The fourth-order valence-electron chi connectivity index (χ4n) is 2.44. The third-order valence-corrected chi connectivity index (χ3v) is 3.70. The van der Waals surface area contributed by atoms with Crippen LogP contribution in [0.2, 0.25) is 0 Å². The van der Waals surface area contributed by atoms with E-state index in [9.17, 15) is 0 Å². The van der Waals surface area contributed by atoms with Crippen molar-refractivity contribution in [2.45, 2.75) is 19.9 Å². The highest BCUT2D eigenvalue weighted by molar-refractivity contribution is 5.44. The first-order chi connectivity index (χ1) is 9.18. The van der Waals surface area contributed by atoms with Crippen LogP contribution in [0.15, 0.2) is 27.3 Å². The minimum absolute atomic E-state index is 0.212. The molecule has 1 saturated heterocycles. The van der Waals surface area contributed by atoms with Crippen molar-refractivity contribution in [3.63, 3.8) is 0 Å². The van der Waals surface area contributed by atoms with E-state index in [1.807, 2.05) is 6.07 Å². The molecular formula is C13H18N4O2. The molecule has 1 aliphatic rings. The Morgan fingerprint density at radius 3 is 3.11 bits per heavy atom. The Kier molecular flexibility index (Phi) is 3.12. The first-order valence-corrected chi connectivity index (χ1v) is 6.47. The highest BCUT2D eigenvalue weighted by atomic mass is 16.5. The van der Waals surface area contributed by atoms with E-state index in [1.165, 1.54) is 0 Å². The van der Waals surface area contributed by atoms with Gasteiger partial charge in [-0.15, -0.1) is 0 Å². The smallest absolute Gasteiger partial charge is 0.241 e. The first kappa shape index (κ1) is 12.4. The van der Waals surface area contributed by atoms with E-state index in [0.29, 0.717) is 30.6 Å². The molecule has 0 spiro atoms. The standard InChI is InChI=1S/C13H18N4O2/c1-13(8-14)4-5-17(9-13)7-11-15-12(16-19-11)10-3-2-6-18-10/h2-3,6H,4-5,7-9,14H2,1H3. The number of rotatable bonds is 4. The molecule has 1 atom stereocenters. The molecular weight excluding hydrogens is 244 g/mol. The van der Waals surface area contributed by atoms with Crippen molar-refractivity contribution in [2.24, 2.45) is 11.1 Å². The molecule has 6 nitrogen and oxygen atoms in total. The summed E-state index contributed by atoms with van der Waals surface area (Å²) in [5.74, 6) is 1.75. The number of nitrogens with zero attached hydrogens (tertiary/aromatic N) is 3. The van der Waals surface area contributed by atoms with E-state index >= 15 is 0 Å². The van der Waals surface area contributed by atoms with Gasteiger partial charge in [0.2, 0.25) is 11.7 Å². The molecule has 2 aromatic heterocycles. The van der Waals surface area contributed by atoms with E-state index in [2.05, 4.69) is 22.0 Å². The van der Waals surface area contributed by atoms with Gasteiger partial charge >= 0.3 is 0 Å². The summed E-state index contributed by atoms with van der Waals surface area (Å²) in [6.07, 6.45) is 2.71. The molecule has 2 aromatic rings. The van der Waals surface area contributed by atoms with Gasteiger partial charge in [-0.05, 0) is 37.1 Å². The molecule has 1 fully saturated rings. The van der Waals surface area contributed by atoms with Gasteiger partial charge in [-0.25, -0.2) is 0 Å². The molecule has 0 aliphatic carbocycles. The van der Waals surface area contributed by atoms with Crippen LogP contribution in [0.5, 0.6) is 0 Å². The van der Waals surface area contributed by atoms with Crippen molar-refractivity contribution >= 4 is 0 Å². The Morgan fingerprint density at radius 2 is 2.42 bits per heavy atom. The van der Waals surface area contributed by atoms with Gasteiger partial charge in [-0.3, -0.25) is 4.90 Å². The lowest BCUT2D eigenvalue weighted by atomic mass is 9.90. The van der Waals surface area contributed by atoms with Crippen LogP contribution in [-0.4, -0.2) is 34.7 Å². The summed E-state index contributed by atoms with van der Waals surface area (Å²) in [7, 11) is 0. The van der Waals surface area contributed by atoms with E-state index in [1.54, 1.807) is 12.3 Å². The summed E-state index contributed by atoms with van der Waals surface area (Å²) in [5.41, 5.74) is 6.01. The molecule has 19 heavy (non-hydrogen) atoms. The average molecular weight is 262 g/mol. The van der Waals surface area contributed by atoms with E-state index in [4.69, 9.17) is 14.7 Å². The van der Waals surface area contributed by atoms with Gasteiger partial charge in [0.15, 0.2) is 5.76 Å². The van der Waals surface area contributed by atoms with Crippen LogP contribution < -0.4 is 5.73 Å². The van der Waals surface area contributed by atoms with E-state index in [-0.39, 0.29) is 5.41 Å². The minimum atomic E-state index is 0.212.